The highest BCUT2D eigenvalue weighted by Crippen LogP contribution is 2.34. The molecule has 4 rings (SSSR count). The lowest BCUT2D eigenvalue weighted by atomic mass is 9.93. The zero-order valence-corrected chi connectivity index (χ0v) is 17.9. The molecule has 0 aliphatic carbocycles. The molecule has 1 atom stereocenters. The van der Waals surface area contributed by atoms with E-state index in [0.29, 0.717) is 6.04 Å². The van der Waals surface area contributed by atoms with E-state index in [0.717, 1.165) is 36.6 Å². The van der Waals surface area contributed by atoms with Gasteiger partial charge in [-0.1, -0.05) is 30.7 Å². The number of rotatable bonds is 6. The van der Waals surface area contributed by atoms with Crippen molar-refractivity contribution in [3.8, 4) is 0 Å². The largest absolute Gasteiger partial charge is 0.373 e. The highest BCUT2D eigenvalue weighted by Gasteiger charge is 2.27. The fraction of sp³-hybridized carbons (Fsp3) is 0.391. The minimum absolute atomic E-state index is 0.0216. The molecule has 1 aliphatic rings. The summed E-state index contributed by atoms with van der Waals surface area (Å²) < 4.78 is 1.19. The number of anilines is 1. The van der Waals surface area contributed by atoms with Crippen molar-refractivity contribution >= 4 is 33.1 Å². The first-order valence-corrected chi connectivity index (χ1v) is 11.1. The van der Waals surface area contributed by atoms with Crippen LogP contribution >= 0.6 is 11.3 Å². The quantitative estimate of drug-likeness (QED) is 0.639. The summed E-state index contributed by atoms with van der Waals surface area (Å²) >= 11 is 1.61. The number of carbonyl (C=O) groups is 1. The SMILES string of the molecule is CNC(=O)c1sc2ccccc2c1CC1CCCCN1Cc1cccnc1NC. The van der Waals surface area contributed by atoms with Gasteiger partial charge in [0.1, 0.15) is 5.82 Å². The van der Waals surface area contributed by atoms with Gasteiger partial charge in [-0.25, -0.2) is 4.98 Å². The Hall–Kier alpha value is -2.44. The third-order valence-corrected chi connectivity index (χ3v) is 7.03. The Labute approximate surface area is 176 Å². The molecule has 152 valence electrons. The number of hydrogen-bond acceptors (Lipinski definition) is 5. The van der Waals surface area contributed by atoms with Gasteiger partial charge >= 0.3 is 0 Å². The van der Waals surface area contributed by atoms with Crippen molar-refractivity contribution < 1.29 is 4.79 Å². The first-order valence-electron chi connectivity index (χ1n) is 10.3. The number of thiophene rings is 1. The average Bonchev–Trinajstić information content (AvgIpc) is 3.13. The zero-order chi connectivity index (χ0) is 20.2. The molecular formula is C23H28N4OS. The van der Waals surface area contributed by atoms with Gasteiger partial charge in [-0.05, 0) is 48.9 Å². The number of carbonyl (C=O) groups excluding carboxylic acids is 1. The summed E-state index contributed by atoms with van der Waals surface area (Å²) in [7, 11) is 3.64. The molecule has 6 heteroatoms. The van der Waals surface area contributed by atoms with Crippen LogP contribution in [0.1, 0.15) is 40.1 Å². The van der Waals surface area contributed by atoms with Gasteiger partial charge in [-0.3, -0.25) is 9.69 Å². The van der Waals surface area contributed by atoms with Crippen molar-refractivity contribution in [1.29, 1.82) is 0 Å². The second-order valence-electron chi connectivity index (χ2n) is 7.57. The van der Waals surface area contributed by atoms with Crippen LogP contribution in [-0.4, -0.2) is 42.5 Å². The molecule has 5 nitrogen and oxygen atoms in total. The molecule has 0 bridgehead atoms. The van der Waals surface area contributed by atoms with E-state index < -0.39 is 0 Å². The molecule has 1 amide bonds. The van der Waals surface area contributed by atoms with Crippen molar-refractivity contribution in [2.24, 2.45) is 0 Å². The number of nitrogens with one attached hydrogen (secondary N) is 2. The Morgan fingerprint density at radius 2 is 2.07 bits per heavy atom. The summed E-state index contributed by atoms with van der Waals surface area (Å²) in [6.07, 6.45) is 6.35. The molecule has 2 N–H and O–H groups in total. The van der Waals surface area contributed by atoms with Crippen LogP contribution in [-0.2, 0) is 13.0 Å². The first kappa shape index (κ1) is 19.9. The Kier molecular flexibility index (Phi) is 6.11. The maximum Gasteiger partial charge on any atom is 0.261 e. The average molecular weight is 409 g/mol. The van der Waals surface area contributed by atoms with Crippen molar-refractivity contribution in [2.75, 3.05) is 26.0 Å². The summed E-state index contributed by atoms with van der Waals surface area (Å²) in [6, 6.07) is 13.0. The number of aromatic nitrogens is 1. The number of hydrogen-bond donors (Lipinski definition) is 2. The Morgan fingerprint density at radius 1 is 1.21 bits per heavy atom. The van der Waals surface area contributed by atoms with E-state index in [-0.39, 0.29) is 5.91 Å². The molecule has 3 aromatic rings. The second kappa shape index (κ2) is 8.93. The van der Waals surface area contributed by atoms with Crippen LogP contribution in [0.4, 0.5) is 5.82 Å². The zero-order valence-electron chi connectivity index (χ0n) is 17.1. The fourth-order valence-electron chi connectivity index (χ4n) is 4.34. The van der Waals surface area contributed by atoms with Crippen molar-refractivity contribution in [2.45, 2.75) is 38.3 Å². The number of nitrogens with zero attached hydrogens (tertiary/aromatic N) is 2. The van der Waals surface area contributed by atoms with E-state index in [2.05, 4.69) is 44.8 Å². The lowest BCUT2D eigenvalue weighted by Crippen LogP contribution is -2.40. The molecule has 1 fully saturated rings. The first-order chi connectivity index (χ1) is 14.2. The minimum atomic E-state index is 0.0216. The van der Waals surface area contributed by atoms with Crippen LogP contribution in [0, 0.1) is 0 Å². The lowest BCUT2D eigenvalue weighted by molar-refractivity contribution is 0.0964. The minimum Gasteiger partial charge on any atom is -0.373 e. The van der Waals surface area contributed by atoms with Crippen LogP contribution in [0.15, 0.2) is 42.6 Å². The molecule has 0 saturated carbocycles. The fourth-order valence-corrected chi connectivity index (χ4v) is 5.52. The lowest BCUT2D eigenvalue weighted by Gasteiger charge is -2.36. The number of piperidine rings is 1. The monoisotopic (exact) mass is 408 g/mol. The predicted octanol–water partition coefficient (Wildman–Crippen LogP) is 4.29. The molecule has 3 heterocycles. The highest BCUT2D eigenvalue weighted by molar-refractivity contribution is 7.21. The summed E-state index contributed by atoms with van der Waals surface area (Å²) in [4.78, 5) is 20.5. The summed E-state index contributed by atoms with van der Waals surface area (Å²) in [5.41, 5.74) is 2.42. The van der Waals surface area contributed by atoms with E-state index in [4.69, 9.17) is 0 Å². The molecule has 1 saturated heterocycles. The van der Waals surface area contributed by atoms with Crippen molar-refractivity contribution in [1.82, 2.24) is 15.2 Å². The van der Waals surface area contributed by atoms with E-state index in [1.807, 2.05) is 25.4 Å². The van der Waals surface area contributed by atoms with Gasteiger partial charge in [-0.2, -0.15) is 0 Å². The highest BCUT2D eigenvalue weighted by atomic mass is 32.1. The normalized spacial score (nSPS) is 17.4. The Balaban J connectivity index is 1.64. The van der Waals surface area contributed by atoms with Gasteiger partial charge in [0.15, 0.2) is 0 Å². The van der Waals surface area contributed by atoms with Crippen LogP contribution in [0.3, 0.4) is 0 Å². The molecule has 2 aromatic heterocycles. The van der Waals surface area contributed by atoms with Crippen LogP contribution in [0.25, 0.3) is 10.1 Å². The molecule has 1 aliphatic heterocycles. The Bertz CT molecular complexity index is 999. The summed E-state index contributed by atoms with van der Waals surface area (Å²) in [5.74, 6) is 0.970. The second-order valence-corrected chi connectivity index (χ2v) is 8.62. The van der Waals surface area contributed by atoms with E-state index in [9.17, 15) is 4.79 Å². The number of amides is 1. The van der Waals surface area contributed by atoms with Gasteiger partial charge in [0, 0.05) is 43.1 Å². The number of fused-ring (bicyclic) bond motifs is 1. The molecule has 1 unspecified atom stereocenters. The molecule has 0 spiro atoms. The van der Waals surface area contributed by atoms with Gasteiger partial charge in [-0.15, -0.1) is 11.3 Å². The van der Waals surface area contributed by atoms with Crippen LogP contribution < -0.4 is 10.6 Å². The maximum atomic E-state index is 12.6. The number of benzene rings is 1. The van der Waals surface area contributed by atoms with Gasteiger partial charge < -0.3 is 10.6 Å². The number of likely N-dealkylation sites (tertiary alicyclic amines) is 1. The summed E-state index contributed by atoms with van der Waals surface area (Å²) in [5, 5.41) is 7.26. The van der Waals surface area contributed by atoms with E-state index >= 15 is 0 Å². The smallest absolute Gasteiger partial charge is 0.261 e. The molecule has 0 radical (unpaired) electrons. The standard InChI is InChI=1S/C23H28N4OS/c1-24-22-16(8-7-12-26-22)15-27-13-6-5-9-17(27)14-19-18-10-3-4-11-20(18)29-21(19)23(28)25-2/h3-4,7-8,10-12,17H,5-6,9,13-15H2,1-2H3,(H,24,26)(H,25,28). The summed E-state index contributed by atoms with van der Waals surface area (Å²) in [6.45, 7) is 1.96. The third kappa shape index (κ3) is 4.14. The van der Waals surface area contributed by atoms with Crippen LogP contribution in [0.2, 0.25) is 0 Å². The van der Waals surface area contributed by atoms with Crippen molar-refractivity contribution in [3.05, 3.63) is 58.6 Å². The van der Waals surface area contributed by atoms with Crippen LogP contribution in [0.5, 0.6) is 0 Å². The van der Waals surface area contributed by atoms with Gasteiger partial charge in [0.25, 0.3) is 5.91 Å². The van der Waals surface area contributed by atoms with Gasteiger partial charge in [0.05, 0.1) is 4.88 Å². The number of pyridine rings is 1. The Morgan fingerprint density at radius 3 is 2.90 bits per heavy atom. The van der Waals surface area contributed by atoms with E-state index in [1.165, 1.54) is 34.1 Å². The van der Waals surface area contributed by atoms with Gasteiger partial charge in [0.2, 0.25) is 0 Å². The topological polar surface area (TPSA) is 57.3 Å². The predicted molar refractivity (Wildman–Crippen MR) is 121 cm³/mol. The molecular weight excluding hydrogens is 380 g/mol. The molecule has 1 aromatic carbocycles. The maximum absolute atomic E-state index is 12.6. The van der Waals surface area contributed by atoms with E-state index in [1.54, 1.807) is 18.4 Å². The van der Waals surface area contributed by atoms with Crippen molar-refractivity contribution in [3.63, 3.8) is 0 Å². The molecule has 29 heavy (non-hydrogen) atoms. The third-order valence-electron chi connectivity index (χ3n) is 5.82.